The first-order valence-corrected chi connectivity index (χ1v) is 13.4. The van der Waals surface area contributed by atoms with Crippen LogP contribution in [0, 0.1) is 46.7 Å². The summed E-state index contributed by atoms with van der Waals surface area (Å²) in [5.41, 5.74) is 6.81. The molecule has 3 aliphatic rings. The van der Waals surface area contributed by atoms with Crippen LogP contribution in [0.15, 0.2) is 18.2 Å². The number of benzene rings is 1. The Bertz CT molecular complexity index is 864. The number of nitrogens with two attached hydrogens (primary N) is 2. The van der Waals surface area contributed by atoms with Crippen molar-refractivity contribution in [1.29, 1.82) is 0 Å². The molecule has 0 saturated heterocycles. The minimum absolute atomic E-state index is 0.0233. The second-order valence-electron chi connectivity index (χ2n) is 11.5. The fourth-order valence-electron chi connectivity index (χ4n) is 8.30. The zero-order valence-electron chi connectivity index (χ0n) is 21.3. The van der Waals surface area contributed by atoms with E-state index in [1.165, 1.54) is 61.7 Å². The van der Waals surface area contributed by atoms with E-state index in [-0.39, 0.29) is 23.7 Å². The molecule has 34 heavy (non-hydrogen) atoms. The van der Waals surface area contributed by atoms with Crippen LogP contribution in [-0.4, -0.2) is 26.0 Å². The standard InChI is InChI=1S/C28H44FN3O2/c1-4-5-20-18(13-15-34-3)6-8-22-21(20)12-14-28(2)23(22)9-10-24(28)27(33)17-32(31)26-16-19(29)7-11-25(26)30/h7,11,16,18,20-24H,4-6,8-10,12-15,17,30-31H2,1-3H3. The van der Waals surface area contributed by atoms with Gasteiger partial charge in [0.25, 0.3) is 0 Å². The zero-order chi connectivity index (χ0) is 24.5. The first-order valence-electron chi connectivity index (χ1n) is 13.4. The Morgan fingerprint density at radius 1 is 1.18 bits per heavy atom. The SMILES string of the molecule is CCCC1C(CCOC)CCC2C1CCC1(C)C(C(=O)CN(N)c3cc(F)ccc3N)CCC21. The molecule has 0 aromatic heterocycles. The number of ketones is 1. The number of carbonyl (C=O) groups excluding carboxylic acids is 1. The predicted molar refractivity (Wildman–Crippen MR) is 136 cm³/mol. The van der Waals surface area contributed by atoms with Gasteiger partial charge in [0.1, 0.15) is 5.82 Å². The lowest BCUT2D eigenvalue weighted by Gasteiger charge is -2.54. The lowest BCUT2D eigenvalue weighted by Crippen LogP contribution is -2.49. The number of carbonyl (C=O) groups is 1. The molecule has 0 spiro atoms. The summed E-state index contributed by atoms with van der Waals surface area (Å²) in [6.45, 7) is 5.63. The maximum atomic E-state index is 13.7. The van der Waals surface area contributed by atoms with Crippen molar-refractivity contribution in [2.24, 2.45) is 46.8 Å². The van der Waals surface area contributed by atoms with Crippen molar-refractivity contribution in [2.75, 3.05) is 31.0 Å². The molecule has 3 aliphatic carbocycles. The third kappa shape index (κ3) is 4.73. The molecule has 0 amide bonds. The van der Waals surface area contributed by atoms with Crippen LogP contribution >= 0.6 is 0 Å². The van der Waals surface area contributed by atoms with Crippen molar-refractivity contribution in [3.05, 3.63) is 24.0 Å². The second kappa shape index (κ2) is 10.5. The third-order valence-corrected chi connectivity index (χ3v) is 9.85. The van der Waals surface area contributed by atoms with Gasteiger partial charge < -0.3 is 15.5 Å². The summed E-state index contributed by atoms with van der Waals surface area (Å²) in [4.78, 5) is 13.5. The molecule has 3 fully saturated rings. The fourth-order valence-corrected chi connectivity index (χ4v) is 8.30. The van der Waals surface area contributed by atoms with Gasteiger partial charge >= 0.3 is 0 Å². The highest BCUT2D eigenvalue weighted by atomic mass is 19.1. The lowest BCUT2D eigenvalue weighted by atomic mass is 9.50. The van der Waals surface area contributed by atoms with Crippen molar-refractivity contribution in [2.45, 2.75) is 71.6 Å². The monoisotopic (exact) mass is 473 g/mol. The topological polar surface area (TPSA) is 81.6 Å². The molecule has 4 rings (SSSR count). The van der Waals surface area contributed by atoms with Crippen LogP contribution in [0.4, 0.5) is 15.8 Å². The molecule has 0 aliphatic heterocycles. The van der Waals surface area contributed by atoms with E-state index in [4.69, 9.17) is 16.3 Å². The molecule has 7 unspecified atom stereocenters. The number of Topliss-reactive ketones (excluding diaryl/α,β-unsaturated/α-hetero) is 1. The number of nitrogen functional groups attached to an aromatic ring is 1. The maximum absolute atomic E-state index is 13.7. The van der Waals surface area contributed by atoms with Gasteiger partial charge in [0, 0.05) is 25.7 Å². The van der Waals surface area contributed by atoms with E-state index in [1.807, 2.05) is 7.11 Å². The van der Waals surface area contributed by atoms with Crippen LogP contribution in [0.3, 0.4) is 0 Å². The molecule has 190 valence electrons. The second-order valence-corrected chi connectivity index (χ2v) is 11.5. The van der Waals surface area contributed by atoms with Crippen LogP contribution in [0.2, 0.25) is 0 Å². The zero-order valence-corrected chi connectivity index (χ0v) is 21.3. The van der Waals surface area contributed by atoms with E-state index >= 15 is 0 Å². The van der Waals surface area contributed by atoms with Gasteiger partial charge in [-0.25, -0.2) is 10.2 Å². The van der Waals surface area contributed by atoms with E-state index in [0.717, 1.165) is 49.5 Å². The van der Waals surface area contributed by atoms with Gasteiger partial charge in [0.05, 0.1) is 17.9 Å². The molecule has 0 radical (unpaired) electrons. The Morgan fingerprint density at radius 3 is 2.71 bits per heavy atom. The Morgan fingerprint density at radius 2 is 1.97 bits per heavy atom. The number of hydrazine groups is 1. The number of ether oxygens (including phenoxy) is 1. The average molecular weight is 474 g/mol. The normalized spacial score (nSPS) is 35.0. The summed E-state index contributed by atoms with van der Waals surface area (Å²) in [5, 5.41) is 1.33. The minimum Gasteiger partial charge on any atom is -0.397 e. The highest BCUT2D eigenvalue weighted by molar-refractivity contribution is 5.87. The summed E-state index contributed by atoms with van der Waals surface area (Å²) in [7, 11) is 1.81. The molecule has 3 saturated carbocycles. The van der Waals surface area contributed by atoms with E-state index in [1.54, 1.807) is 0 Å². The summed E-state index contributed by atoms with van der Waals surface area (Å²) >= 11 is 0. The molecule has 6 heteroatoms. The molecular formula is C28H44FN3O2. The smallest absolute Gasteiger partial charge is 0.157 e. The highest BCUT2D eigenvalue weighted by Gasteiger charge is 2.57. The van der Waals surface area contributed by atoms with Gasteiger partial charge in [0.2, 0.25) is 0 Å². The number of fused-ring (bicyclic) bond motifs is 3. The Labute approximate surface area is 204 Å². The van der Waals surface area contributed by atoms with Gasteiger partial charge in [-0.15, -0.1) is 0 Å². The van der Waals surface area contributed by atoms with E-state index in [2.05, 4.69) is 13.8 Å². The number of anilines is 2. The molecule has 4 N–H and O–H groups in total. The quantitative estimate of drug-likeness (QED) is 0.278. The van der Waals surface area contributed by atoms with Crippen LogP contribution in [-0.2, 0) is 9.53 Å². The molecule has 0 bridgehead atoms. The van der Waals surface area contributed by atoms with Crippen LogP contribution in [0.1, 0.15) is 71.6 Å². The average Bonchev–Trinajstić information content (AvgIpc) is 3.17. The summed E-state index contributed by atoms with van der Waals surface area (Å²) in [6, 6.07) is 4.12. The third-order valence-electron chi connectivity index (χ3n) is 9.85. The maximum Gasteiger partial charge on any atom is 0.157 e. The van der Waals surface area contributed by atoms with Crippen molar-refractivity contribution < 1.29 is 13.9 Å². The van der Waals surface area contributed by atoms with Crippen molar-refractivity contribution >= 4 is 17.2 Å². The first-order chi connectivity index (χ1) is 16.3. The summed E-state index contributed by atoms with van der Waals surface area (Å²) in [5.74, 6) is 9.74. The number of rotatable bonds is 9. The molecule has 0 heterocycles. The summed E-state index contributed by atoms with van der Waals surface area (Å²) in [6.07, 6.45) is 10.8. The van der Waals surface area contributed by atoms with Gasteiger partial charge in [-0.05, 0) is 92.1 Å². The van der Waals surface area contributed by atoms with Crippen molar-refractivity contribution in [1.82, 2.24) is 0 Å². The largest absolute Gasteiger partial charge is 0.397 e. The fraction of sp³-hybridized carbons (Fsp3) is 0.750. The van der Waals surface area contributed by atoms with Gasteiger partial charge in [-0.2, -0.15) is 0 Å². The predicted octanol–water partition coefficient (Wildman–Crippen LogP) is 5.58. The number of nitrogens with zero attached hydrogens (tertiary/aromatic N) is 1. The number of hydrogen-bond acceptors (Lipinski definition) is 5. The summed E-state index contributed by atoms with van der Waals surface area (Å²) < 4.78 is 19.2. The lowest BCUT2D eigenvalue weighted by molar-refractivity contribution is -0.128. The molecule has 5 nitrogen and oxygen atoms in total. The Balaban J connectivity index is 1.47. The molecule has 1 aromatic carbocycles. The van der Waals surface area contributed by atoms with Gasteiger partial charge in [-0.3, -0.25) is 4.79 Å². The number of hydrogen-bond donors (Lipinski definition) is 2. The van der Waals surface area contributed by atoms with Gasteiger partial charge in [0.15, 0.2) is 5.78 Å². The number of halogens is 1. The molecule has 7 atom stereocenters. The van der Waals surface area contributed by atoms with E-state index < -0.39 is 5.82 Å². The van der Waals surface area contributed by atoms with E-state index in [9.17, 15) is 9.18 Å². The highest BCUT2D eigenvalue weighted by Crippen LogP contribution is 2.63. The minimum atomic E-state index is -0.402. The molecular weight excluding hydrogens is 429 g/mol. The Hall–Kier alpha value is -1.66. The number of methoxy groups -OCH3 is 1. The van der Waals surface area contributed by atoms with Crippen molar-refractivity contribution in [3.63, 3.8) is 0 Å². The molecule has 1 aromatic rings. The van der Waals surface area contributed by atoms with Crippen LogP contribution in [0.5, 0.6) is 0 Å². The van der Waals surface area contributed by atoms with Crippen LogP contribution < -0.4 is 16.6 Å². The van der Waals surface area contributed by atoms with Gasteiger partial charge in [-0.1, -0.05) is 26.7 Å². The first kappa shape index (κ1) is 25.4. The Kier molecular flexibility index (Phi) is 7.88. The van der Waals surface area contributed by atoms with Crippen molar-refractivity contribution in [3.8, 4) is 0 Å². The van der Waals surface area contributed by atoms with E-state index in [0.29, 0.717) is 17.3 Å². The van der Waals surface area contributed by atoms with Crippen LogP contribution in [0.25, 0.3) is 0 Å².